The third kappa shape index (κ3) is 7.10. The van der Waals surface area contributed by atoms with Crippen LogP contribution in [-0.2, 0) is 26.0 Å². The zero-order chi connectivity index (χ0) is 25.3. The van der Waals surface area contributed by atoms with Crippen LogP contribution in [0.4, 0.5) is 8.78 Å². The maximum atomic E-state index is 13.7. The summed E-state index contributed by atoms with van der Waals surface area (Å²) in [6, 6.07) is 11.2. The van der Waals surface area contributed by atoms with Gasteiger partial charge in [0.25, 0.3) is 0 Å². The number of ether oxygens (including phenoxy) is 1. The minimum atomic E-state index is -0.811. The number of rotatable bonds is 12. The molecule has 1 atom stereocenters. The van der Waals surface area contributed by atoms with E-state index in [2.05, 4.69) is 9.97 Å². The van der Waals surface area contributed by atoms with Crippen LogP contribution in [0, 0.1) is 11.6 Å². The fraction of sp³-hybridized carbons (Fsp3) is 0.259. The van der Waals surface area contributed by atoms with Crippen molar-refractivity contribution in [3.8, 4) is 5.75 Å². The van der Waals surface area contributed by atoms with Crippen molar-refractivity contribution in [2.24, 2.45) is 0 Å². The quantitative estimate of drug-likeness (QED) is 0.302. The molecule has 188 valence electrons. The van der Waals surface area contributed by atoms with Gasteiger partial charge in [-0.05, 0) is 48.7 Å². The van der Waals surface area contributed by atoms with Crippen molar-refractivity contribution in [2.75, 3.05) is 6.61 Å². The van der Waals surface area contributed by atoms with E-state index in [0.29, 0.717) is 17.9 Å². The van der Waals surface area contributed by atoms with Crippen molar-refractivity contribution in [1.82, 2.24) is 14.5 Å². The zero-order valence-electron chi connectivity index (χ0n) is 19.6. The highest BCUT2D eigenvalue weighted by molar-refractivity contribution is 5.66. The number of imidazole rings is 1. The van der Waals surface area contributed by atoms with Crippen molar-refractivity contribution in [2.45, 2.75) is 38.5 Å². The molecule has 2 heterocycles. The lowest BCUT2D eigenvalue weighted by Crippen LogP contribution is -2.18. The van der Waals surface area contributed by atoms with Crippen LogP contribution in [0.1, 0.15) is 35.0 Å². The molecule has 7 nitrogen and oxygen atoms in total. The van der Waals surface area contributed by atoms with Gasteiger partial charge in [0.1, 0.15) is 41.8 Å². The van der Waals surface area contributed by atoms with Crippen LogP contribution < -0.4 is 4.74 Å². The van der Waals surface area contributed by atoms with Gasteiger partial charge in [-0.3, -0.25) is 0 Å². The van der Waals surface area contributed by atoms with E-state index in [-0.39, 0.29) is 24.7 Å². The van der Waals surface area contributed by atoms with Crippen LogP contribution in [0.2, 0.25) is 0 Å². The maximum absolute atomic E-state index is 13.7. The highest BCUT2D eigenvalue weighted by Gasteiger charge is 2.10. The molecular formula is C27H27F2N3O4. The lowest BCUT2D eigenvalue weighted by Gasteiger charge is -2.11. The predicted molar refractivity (Wildman–Crippen MR) is 130 cm³/mol. The Kier molecular flexibility index (Phi) is 8.59. The lowest BCUT2D eigenvalue weighted by molar-refractivity contribution is 0.0931. The number of benzene rings is 2. The summed E-state index contributed by atoms with van der Waals surface area (Å²) in [5.74, 6) is 0.448. The number of halogens is 2. The summed E-state index contributed by atoms with van der Waals surface area (Å²) < 4.78 is 40.0. The Hall–Kier alpha value is -3.82. The van der Waals surface area contributed by atoms with E-state index < -0.39 is 17.7 Å². The Morgan fingerprint density at radius 2 is 2.03 bits per heavy atom. The van der Waals surface area contributed by atoms with E-state index >= 15 is 0 Å². The van der Waals surface area contributed by atoms with Gasteiger partial charge in [-0.25, -0.2) is 18.7 Å². The number of hydrogen-bond acceptors (Lipinski definition) is 6. The third-order valence-corrected chi connectivity index (χ3v) is 5.52. The van der Waals surface area contributed by atoms with Gasteiger partial charge in [-0.15, -0.1) is 0 Å². The van der Waals surface area contributed by atoms with Crippen LogP contribution in [0.15, 0.2) is 65.5 Å². The molecule has 0 bridgehead atoms. The number of hydrogen-bond donors (Lipinski definition) is 2. The second kappa shape index (κ2) is 12.2. The molecule has 4 rings (SSSR count). The largest absolute Gasteiger partial charge is 0.487 e. The number of aliphatic hydroxyl groups is 2. The highest BCUT2D eigenvalue weighted by Crippen LogP contribution is 2.18. The summed E-state index contributed by atoms with van der Waals surface area (Å²) >= 11 is 0. The van der Waals surface area contributed by atoms with Gasteiger partial charge in [-0.2, -0.15) is 0 Å². The SMILES string of the molecule is OCC(O)Cc1nccn1CCCc1cccc(OCc2coc(/C=C/c3ccc(F)cc3F)n2)c1. The summed E-state index contributed by atoms with van der Waals surface area (Å²) in [7, 11) is 0. The predicted octanol–water partition coefficient (Wildman–Crippen LogP) is 4.43. The Bertz CT molecular complexity index is 1300. The van der Waals surface area contributed by atoms with Gasteiger partial charge in [0.2, 0.25) is 5.89 Å². The monoisotopic (exact) mass is 495 g/mol. The number of nitrogens with zero attached hydrogens (tertiary/aromatic N) is 3. The summed E-state index contributed by atoms with van der Waals surface area (Å²) in [6.07, 6.45) is 9.22. The van der Waals surface area contributed by atoms with Crippen LogP contribution in [0.3, 0.4) is 0 Å². The molecule has 2 aromatic heterocycles. The minimum absolute atomic E-state index is 0.206. The molecule has 36 heavy (non-hydrogen) atoms. The first-order valence-corrected chi connectivity index (χ1v) is 11.6. The minimum Gasteiger partial charge on any atom is -0.487 e. The first-order chi connectivity index (χ1) is 17.5. The molecular weight excluding hydrogens is 468 g/mol. The molecule has 2 N–H and O–H groups in total. The smallest absolute Gasteiger partial charge is 0.218 e. The normalized spacial score (nSPS) is 12.3. The van der Waals surface area contributed by atoms with Gasteiger partial charge in [0, 0.05) is 43.1 Å². The van der Waals surface area contributed by atoms with Crippen LogP contribution in [-0.4, -0.2) is 37.5 Å². The van der Waals surface area contributed by atoms with Gasteiger partial charge >= 0.3 is 0 Å². The molecule has 0 aliphatic rings. The molecule has 0 aliphatic carbocycles. The van der Waals surface area contributed by atoms with Crippen molar-refractivity contribution in [1.29, 1.82) is 0 Å². The van der Waals surface area contributed by atoms with Crippen molar-refractivity contribution < 1.29 is 28.1 Å². The lowest BCUT2D eigenvalue weighted by atomic mass is 10.1. The van der Waals surface area contributed by atoms with Crippen LogP contribution in [0.25, 0.3) is 12.2 Å². The van der Waals surface area contributed by atoms with Crippen molar-refractivity contribution >= 4 is 12.2 Å². The summed E-state index contributed by atoms with van der Waals surface area (Å²) in [6.45, 7) is 0.662. The fourth-order valence-electron chi connectivity index (χ4n) is 3.67. The van der Waals surface area contributed by atoms with Gasteiger partial charge < -0.3 is 23.9 Å². The second-order valence-corrected chi connectivity index (χ2v) is 8.29. The third-order valence-electron chi connectivity index (χ3n) is 5.52. The van der Waals surface area contributed by atoms with E-state index in [1.54, 1.807) is 6.20 Å². The van der Waals surface area contributed by atoms with E-state index in [1.807, 2.05) is 35.0 Å². The summed E-state index contributed by atoms with van der Waals surface area (Å²) in [4.78, 5) is 8.56. The molecule has 4 aromatic rings. The first-order valence-electron chi connectivity index (χ1n) is 11.6. The fourth-order valence-corrected chi connectivity index (χ4v) is 3.67. The number of aromatic nitrogens is 3. The van der Waals surface area contributed by atoms with Gasteiger partial charge in [0.05, 0.1) is 12.7 Å². The number of aliphatic hydroxyl groups excluding tert-OH is 2. The Morgan fingerprint density at radius 3 is 2.86 bits per heavy atom. The maximum Gasteiger partial charge on any atom is 0.218 e. The Balaban J connectivity index is 1.27. The topological polar surface area (TPSA) is 93.5 Å². The molecule has 0 saturated heterocycles. The van der Waals surface area contributed by atoms with E-state index in [4.69, 9.17) is 14.3 Å². The highest BCUT2D eigenvalue weighted by atomic mass is 19.1. The van der Waals surface area contributed by atoms with Gasteiger partial charge in [0.15, 0.2) is 0 Å². The molecule has 0 radical (unpaired) electrons. The molecule has 0 aliphatic heterocycles. The standard InChI is InChI=1S/C27H27F2N3O4/c28-21-8-6-20(25(29)14-21)7-9-27-31-22(18-36-27)17-35-24-5-1-3-19(13-24)4-2-11-32-12-10-30-26(32)15-23(34)16-33/h1,3,5-10,12-14,18,23,33-34H,2,4,11,15-17H2/b9-7+. The molecule has 9 heteroatoms. The number of oxazole rings is 1. The van der Waals surface area contributed by atoms with Crippen LogP contribution in [0.5, 0.6) is 5.75 Å². The van der Waals surface area contributed by atoms with Crippen molar-refractivity contribution in [3.05, 3.63) is 101 Å². The van der Waals surface area contributed by atoms with E-state index in [1.165, 1.54) is 30.5 Å². The summed E-state index contributed by atoms with van der Waals surface area (Å²) in [5, 5.41) is 18.7. The van der Waals surface area contributed by atoms with E-state index in [0.717, 1.165) is 36.8 Å². The van der Waals surface area contributed by atoms with Crippen LogP contribution >= 0.6 is 0 Å². The van der Waals surface area contributed by atoms with Gasteiger partial charge in [-0.1, -0.05) is 12.1 Å². The molecule has 0 saturated carbocycles. The molecule has 0 spiro atoms. The number of aryl methyl sites for hydroxylation is 2. The second-order valence-electron chi connectivity index (χ2n) is 8.29. The molecule has 2 aromatic carbocycles. The van der Waals surface area contributed by atoms with Crippen molar-refractivity contribution in [3.63, 3.8) is 0 Å². The molecule has 1 unspecified atom stereocenters. The Labute approximate surface area is 207 Å². The average Bonchev–Trinajstić information content (AvgIpc) is 3.52. The first kappa shape index (κ1) is 25.3. The zero-order valence-corrected chi connectivity index (χ0v) is 19.6. The van der Waals surface area contributed by atoms with E-state index in [9.17, 15) is 13.9 Å². The molecule has 0 amide bonds. The summed E-state index contributed by atoms with van der Waals surface area (Å²) in [5.41, 5.74) is 1.93. The Morgan fingerprint density at radius 1 is 1.14 bits per heavy atom. The molecule has 0 fully saturated rings. The average molecular weight is 496 g/mol.